The number of hydrogen-bond acceptors (Lipinski definition) is 2. The maximum absolute atomic E-state index is 11.5. The Kier molecular flexibility index (Phi) is 2.77. The Hall–Kier alpha value is -0.570. The van der Waals surface area contributed by atoms with Gasteiger partial charge in [0.2, 0.25) is 5.91 Å². The molecule has 1 saturated heterocycles. The van der Waals surface area contributed by atoms with E-state index < -0.39 is 0 Å². The third-order valence-corrected chi connectivity index (χ3v) is 4.15. The second-order valence-corrected chi connectivity index (χ2v) is 6.79. The standard InChI is InChI=1S/C13H24N2O/c1-12(2)5-10-6-13(3,8-12)9-15(10)7-11(16)14-4/h10H,5-9H2,1-4H3,(H,14,16). The smallest absolute Gasteiger partial charge is 0.233 e. The fourth-order valence-electron chi connectivity index (χ4n) is 4.03. The minimum atomic E-state index is 0.147. The highest BCUT2D eigenvalue weighted by Gasteiger charge is 2.49. The summed E-state index contributed by atoms with van der Waals surface area (Å²) in [4.78, 5) is 13.9. The number of nitrogens with zero attached hydrogens (tertiary/aromatic N) is 1. The highest BCUT2D eigenvalue weighted by molar-refractivity contribution is 5.77. The maximum Gasteiger partial charge on any atom is 0.233 e. The van der Waals surface area contributed by atoms with Gasteiger partial charge in [-0.25, -0.2) is 0 Å². The van der Waals surface area contributed by atoms with Crippen LogP contribution in [0.1, 0.15) is 40.0 Å². The van der Waals surface area contributed by atoms with Crippen LogP contribution in [0.25, 0.3) is 0 Å². The molecule has 3 nitrogen and oxygen atoms in total. The summed E-state index contributed by atoms with van der Waals surface area (Å²) in [5, 5.41) is 2.72. The number of likely N-dealkylation sites (N-methyl/N-ethyl adjacent to an activating group) is 1. The molecule has 2 atom stereocenters. The van der Waals surface area contributed by atoms with Crippen molar-refractivity contribution in [1.29, 1.82) is 0 Å². The minimum absolute atomic E-state index is 0.147. The summed E-state index contributed by atoms with van der Waals surface area (Å²) in [6, 6.07) is 0.617. The number of carbonyl (C=O) groups is 1. The molecule has 0 radical (unpaired) electrons. The van der Waals surface area contributed by atoms with Gasteiger partial charge >= 0.3 is 0 Å². The second kappa shape index (κ2) is 3.73. The van der Waals surface area contributed by atoms with Gasteiger partial charge in [0.05, 0.1) is 6.54 Å². The number of nitrogens with one attached hydrogen (secondary N) is 1. The lowest BCUT2D eigenvalue weighted by molar-refractivity contribution is -0.122. The van der Waals surface area contributed by atoms with E-state index in [-0.39, 0.29) is 5.91 Å². The largest absolute Gasteiger partial charge is 0.358 e. The molecule has 92 valence electrons. The topological polar surface area (TPSA) is 32.3 Å². The predicted molar refractivity (Wildman–Crippen MR) is 65.2 cm³/mol. The van der Waals surface area contributed by atoms with Crippen LogP contribution in [0.2, 0.25) is 0 Å². The van der Waals surface area contributed by atoms with Crippen molar-refractivity contribution in [1.82, 2.24) is 10.2 Å². The van der Waals surface area contributed by atoms with Gasteiger partial charge in [0.25, 0.3) is 0 Å². The Balaban J connectivity index is 2.07. The van der Waals surface area contributed by atoms with E-state index in [1.165, 1.54) is 19.3 Å². The van der Waals surface area contributed by atoms with E-state index in [2.05, 4.69) is 31.0 Å². The molecule has 1 amide bonds. The molecule has 16 heavy (non-hydrogen) atoms. The third-order valence-electron chi connectivity index (χ3n) is 4.15. The molecule has 0 aromatic rings. The van der Waals surface area contributed by atoms with E-state index in [9.17, 15) is 4.79 Å². The summed E-state index contributed by atoms with van der Waals surface area (Å²) in [5.74, 6) is 0.147. The van der Waals surface area contributed by atoms with Gasteiger partial charge in [-0.05, 0) is 30.1 Å². The quantitative estimate of drug-likeness (QED) is 0.773. The highest BCUT2D eigenvalue weighted by atomic mass is 16.1. The summed E-state index contributed by atoms with van der Waals surface area (Å²) in [6.07, 6.45) is 3.80. The number of fused-ring (bicyclic) bond motifs is 2. The molecule has 1 aliphatic carbocycles. The number of carbonyl (C=O) groups excluding carboxylic acids is 1. The molecule has 0 spiro atoms. The molecule has 1 saturated carbocycles. The molecule has 2 fully saturated rings. The number of amides is 1. The van der Waals surface area contributed by atoms with Crippen LogP contribution in [0.4, 0.5) is 0 Å². The Bertz CT molecular complexity index is 300. The van der Waals surface area contributed by atoms with Crippen LogP contribution in [0, 0.1) is 10.8 Å². The molecule has 2 unspecified atom stereocenters. The first-order valence-corrected chi connectivity index (χ1v) is 6.28. The molecular weight excluding hydrogens is 200 g/mol. The van der Waals surface area contributed by atoms with Crippen molar-refractivity contribution in [2.24, 2.45) is 10.8 Å². The van der Waals surface area contributed by atoms with E-state index in [0.717, 1.165) is 6.54 Å². The molecule has 3 heteroatoms. The van der Waals surface area contributed by atoms with Gasteiger partial charge in [-0.3, -0.25) is 9.69 Å². The number of rotatable bonds is 2. The Morgan fingerprint density at radius 3 is 2.69 bits per heavy atom. The maximum atomic E-state index is 11.5. The summed E-state index contributed by atoms with van der Waals surface area (Å²) < 4.78 is 0. The van der Waals surface area contributed by atoms with Gasteiger partial charge in [0, 0.05) is 19.6 Å². The highest BCUT2D eigenvalue weighted by Crippen LogP contribution is 2.52. The predicted octanol–water partition coefficient (Wildman–Crippen LogP) is 1.63. The van der Waals surface area contributed by atoms with E-state index >= 15 is 0 Å². The average Bonchev–Trinajstić information content (AvgIpc) is 2.35. The van der Waals surface area contributed by atoms with Crippen molar-refractivity contribution in [2.75, 3.05) is 20.1 Å². The van der Waals surface area contributed by atoms with Crippen LogP contribution >= 0.6 is 0 Å². The van der Waals surface area contributed by atoms with Crippen molar-refractivity contribution in [3.05, 3.63) is 0 Å². The van der Waals surface area contributed by atoms with Crippen molar-refractivity contribution < 1.29 is 4.79 Å². The van der Waals surface area contributed by atoms with Gasteiger partial charge < -0.3 is 5.32 Å². The zero-order valence-electron chi connectivity index (χ0n) is 11.0. The van der Waals surface area contributed by atoms with E-state index in [0.29, 0.717) is 23.4 Å². The lowest BCUT2D eigenvalue weighted by Crippen LogP contribution is -2.39. The zero-order valence-corrected chi connectivity index (χ0v) is 11.0. The van der Waals surface area contributed by atoms with Crippen molar-refractivity contribution >= 4 is 5.91 Å². The first-order chi connectivity index (χ1) is 7.34. The van der Waals surface area contributed by atoms with Crippen LogP contribution in [0.5, 0.6) is 0 Å². The molecule has 2 bridgehead atoms. The van der Waals surface area contributed by atoms with Crippen LogP contribution in [0.15, 0.2) is 0 Å². The first-order valence-electron chi connectivity index (χ1n) is 6.28. The lowest BCUT2D eigenvalue weighted by atomic mass is 9.65. The fraction of sp³-hybridized carbons (Fsp3) is 0.923. The van der Waals surface area contributed by atoms with Gasteiger partial charge in [-0.2, -0.15) is 0 Å². The molecule has 2 aliphatic rings. The molecule has 1 aliphatic heterocycles. The molecule has 0 aromatic carbocycles. The van der Waals surface area contributed by atoms with Crippen molar-refractivity contribution in [3.63, 3.8) is 0 Å². The molecule has 1 N–H and O–H groups in total. The summed E-state index contributed by atoms with van der Waals surface area (Å²) in [6.45, 7) is 8.77. The van der Waals surface area contributed by atoms with E-state index in [1.807, 2.05) is 0 Å². The summed E-state index contributed by atoms with van der Waals surface area (Å²) >= 11 is 0. The number of hydrogen-bond donors (Lipinski definition) is 1. The second-order valence-electron chi connectivity index (χ2n) is 6.79. The van der Waals surface area contributed by atoms with Crippen molar-refractivity contribution in [3.8, 4) is 0 Å². The normalized spacial score (nSPS) is 37.4. The SMILES string of the molecule is CNC(=O)CN1CC2(C)CC1CC(C)(C)C2. The Morgan fingerprint density at radius 1 is 1.38 bits per heavy atom. The zero-order chi connectivity index (χ0) is 12.0. The average molecular weight is 224 g/mol. The molecule has 0 aromatic heterocycles. The van der Waals surface area contributed by atoms with Crippen molar-refractivity contribution in [2.45, 2.75) is 46.1 Å². The van der Waals surface area contributed by atoms with Gasteiger partial charge in [-0.15, -0.1) is 0 Å². The van der Waals surface area contributed by atoms with Gasteiger partial charge in [0.15, 0.2) is 0 Å². The monoisotopic (exact) mass is 224 g/mol. The third kappa shape index (κ3) is 2.24. The van der Waals surface area contributed by atoms with Crippen LogP contribution in [-0.2, 0) is 4.79 Å². The van der Waals surface area contributed by atoms with E-state index in [1.54, 1.807) is 7.05 Å². The van der Waals surface area contributed by atoms with Crippen LogP contribution in [0.3, 0.4) is 0 Å². The minimum Gasteiger partial charge on any atom is -0.358 e. The Morgan fingerprint density at radius 2 is 2.06 bits per heavy atom. The van der Waals surface area contributed by atoms with Crippen LogP contribution in [-0.4, -0.2) is 37.0 Å². The molecule has 2 rings (SSSR count). The fourth-order valence-corrected chi connectivity index (χ4v) is 4.03. The Labute approximate surface area is 98.6 Å². The summed E-state index contributed by atoms with van der Waals surface area (Å²) in [5.41, 5.74) is 0.871. The number of likely N-dealkylation sites (tertiary alicyclic amines) is 1. The van der Waals surface area contributed by atoms with Gasteiger partial charge in [-0.1, -0.05) is 20.8 Å². The molecule has 1 heterocycles. The van der Waals surface area contributed by atoms with E-state index in [4.69, 9.17) is 0 Å². The molecular formula is C13H24N2O. The van der Waals surface area contributed by atoms with Gasteiger partial charge in [0.1, 0.15) is 0 Å². The first kappa shape index (κ1) is 11.9. The summed E-state index contributed by atoms with van der Waals surface area (Å²) in [7, 11) is 1.72. The lowest BCUT2D eigenvalue weighted by Gasteiger charge is -2.39. The van der Waals surface area contributed by atoms with Crippen LogP contribution < -0.4 is 5.32 Å².